The number of alkyl halides is 3. The van der Waals surface area contributed by atoms with Crippen LogP contribution in [-0.4, -0.2) is 36.1 Å². The minimum atomic E-state index is -4.54. The molecule has 5 rings (SSSR count). The summed E-state index contributed by atoms with van der Waals surface area (Å²) in [6.45, 7) is 3.45. The number of para-hydroxylation sites is 1. The van der Waals surface area contributed by atoms with Crippen molar-refractivity contribution in [3.05, 3.63) is 107 Å². The molecule has 5 aromatic rings. The van der Waals surface area contributed by atoms with E-state index >= 15 is 0 Å². The molecule has 0 bridgehead atoms. The molecule has 0 saturated carbocycles. The number of rotatable bonds is 9. The maximum absolute atomic E-state index is 13.7. The predicted octanol–water partition coefficient (Wildman–Crippen LogP) is 7.74. The Morgan fingerprint density at radius 2 is 1.54 bits per heavy atom. The van der Waals surface area contributed by atoms with Crippen molar-refractivity contribution in [2.75, 3.05) is 20.8 Å². The minimum absolute atomic E-state index is 0.00389. The third kappa shape index (κ3) is 5.73. The Balaban J connectivity index is 1.50. The largest absolute Gasteiger partial charge is 0.493 e. The average Bonchev–Trinajstić information content (AvgIpc) is 3.31. The summed E-state index contributed by atoms with van der Waals surface area (Å²) < 4.78 is 53.3. The number of carbonyl (C=O) groups is 1. The first-order valence-corrected chi connectivity index (χ1v) is 13.4. The SMILES string of the molecule is CCn1c2ccccc2c2cc(CN(CCc3ccc(OC)c(OC)c3)C(=O)c3cccc(C(F)(F)F)c3)ccc21. The van der Waals surface area contributed by atoms with E-state index in [1.54, 1.807) is 25.2 Å². The van der Waals surface area contributed by atoms with Gasteiger partial charge in [0.05, 0.1) is 19.8 Å². The van der Waals surface area contributed by atoms with Gasteiger partial charge in [0.15, 0.2) is 11.5 Å². The number of halogens is 3. The second-order valence-corrected chi connectivity index (χ2v) is 9.86. The van der Waals surface area contributed by atoms with Crippen molar-refractivity contribution in [2.24, 2.45) is 0 Å². The van der Waals surface area contributed by atoms with Gasteiger partial charge in [-0.25, -0.2) is 0 Å². The van der Waals surface area contributed by atoms with Crippen LogP contribution in [0.4, 0.5) is 13.2 Å². The van der Waals surface area contributed by atoms with Gasteiger partial charge in [-0.15, -0.1) is 0 Å². The summed E-state index contributed by atoms with van der Waals surface area (Å²) in [5.74, 6) is 0.693. The van der Waals surface area contributed by atoms with Crippen molar-refractivity contribution in [2.45, 2.75) is 32.6 Å². The Bertz CT molecular complexity index is 1710. The molecule has 0 radical (unpaired) electrons. The van der Waals surface area contributed by atoms with Crippen molar-refractivity contribution < 1.29 is 27.4 Å². The summed E-state index contributed by atoms with van der Waals surface area (Å²) in [6.07, 6.45) is -4.07. The van der Waals surface area contributed by atoms with Gasteiger partial charge in [-0.05, 0) is 73.0 Å². The third-order valence-corrected chi connectivity index (χ3v) is 7.37. The Hall–Kier alpha value is -4.46. The molecule has 212 valence electrons. The Morgan fingerprint density at radius 1 is 0.805 bits per heavy atom. The molecule has 0 saturated heterocycles. The van der Waals surface area contributed by atoms with E-state index in [-0.39, 0.29) is 12.1 Å². The quantitative estimate of drug-likeness (QED) is 0.185. The van der Waals surface area contributed by atoms with E-state index < -0.39 is 17.6 Å². The van der Waals surface area contributed by atoms with Crippen LogP contribution < -0.4 is 9.47 Å². The molecule has 0 aliphatic rings. The Morgan fingerprint density at radius 3 is 2.27 bits per heavy atom. The van der Waals surface area contributed by atoms with E-state index in [2.05, 4.69) is 35.8 Å². The average molecular weight is 561 g/mol. The van der Waals surface area contributed by atoms with Crippen LogP contribution in [0.1, 0.15) is 34.0 Å². The lowest BCUT2D eigenvalue weighted by atomic mass is 10.1. The van der Waals surface area contributed by atoms with Crippen LogP contribution in [0.2, 0.25) is 0 Å². The van der Waals surface area contributed by atoms with Gasteiger partial charge in [-0.1, -0.05) is 36.4 Å². The molecule has 41 heavy (non-hydrogen) atoms. The van der Waals surface area contributed by atoms with Gasteiger partial charge >= 0.3 is 6.18 Å². The molecule has 5 nitrogen and oxygen atoms in total. The maximum atomic E-state index is 13.7. The van der Waals surface area contributed by atoms with Crippen LogP contribution in [-0.2, 0) is 25.7 Å². The summed E-state index contributed by atoms with van der Waals surface area (Å²) in [5.41, 5.74) is 3.17. The number of benzene rings is 4. The van der Waals surface area contributed by atoms with Crippen molar-refractivity contribution >= 4 is 27.7 Å². The smallest absolute Gasteiger partial charge is 0.416 e. The summed E-state index contributed by atoms with van der Waals surface area (Å²) in [6, 6.07) is 24.4. The lowest BCUT2D eigenvalue weighted by molar-refractivity contribution is -0.137. The highest BCUT2D eigenvalue weighted by Gasteiger charge is 2.31. The number of fused-ring (bicyclic) bond motifs is 3. The molecular weight excluding hydrogens is 529 g/mol. The number of nitrogens with zero attached hydrogens (tertiary/aromatic N) is 2. The fourth-order valence-corrected chi connectivity index (χ4v) is 5.32. The molecule has 1 heterocycles. The topological polar surface area (TPSA) is 43.7 Å². The number of aromatic nitrogens is 1. The van der Waals surface area contributed by atoms with E-state index in [1.807, 2.05) is 30.3 Å². The molecule has 1 amide bonds. The predicted molar refractivity (Wildman–Crippen MR) is 155 cm³/mol. The number of amides is 1. The highest BCUT2D eigenvalue weighted by atomic mass is 19.4. The first-order valence-electron chi connectivity index (χ1n) is 13.4. The second-order valence-electron chi connectivity index (χ2n) is 9.86. The first-order chi connectivity index (χ1) is 19.7. The summed E-state index contributed by atoms with van der Waals surface area (Å²) in [5, 5.41) is 2.19. The molecule has 0 atom stereocenters. The van der Waals surface area contributed by atoms with Crippen molar-refractivity contribution in [3.8, 4) is 11.5 Å². The summed E-state index contributed by atoms with van der Waals surface area (Å²) in [4.78, 5) is 15.3. The lowest BCUT2D eigenvalue weighted by Crippen LogP contribution is -2.32. The highest BCUT2D eigenvalue weighted by Crippen LogP contribution is 2.32. The molecular formula is C33H31F3N2O3. The third-order valence-electron chi connectivity index (χ3n) is 7.37. The maximum Gasteiger partial charge on any atom is 0.416 e. The summed E-state index contributed by atoms with van der Waals surface area (Å²) in [7, 11) is 3.11. The Kier molecular flexibility index (Phi) is 7.92. The first kappa shape index (κ1) is 28.1. The van der Waals surface area contributed by atoms with Crippen molar-refractivity contribution in [1.29, 1.82) is 0 Å². The molecule has 0 spiro atoms. The number of methoxy groups -OCH3 is 2. The zero-order valence-corrected chi connectivity index (χ0v) is 23.2. The van der Waals surface area contributed by atoms with E-state index in [4.69, 9.17) is 9.47 Å². The van der Waals surface area contributed by atoms with E-state index in [0.29, 0.717) is 24.5 Å². The summed E-state index contributed by atoms with van der Waals surface area (Å²) >= 11 is 0. The second kappa shape index (κ2) is 11.6. The fraction of sp³-hybridized carbons (Fsp3) is 0.242. The van der Waals surface area contributed by atoms with Gasteiger partial charge in [0, 0.05) is 47.0 Å². The van der Waals surface area contributed by atoms with Crippen molar-refractivity contribution in [1.82, 2.24) is 9.47 Å². The molecule has 0 N–H and O–H groups in total. The van der Waals surface area contributed by atoms with E-state index in [0.717, 1.165) is 51.6 Å². The van der Waals surface area contributed by atoms with Crippen LogP contribution in [0, 0.1) is 0 Å². The zero-order valence-electron chi connectivity index (χ0n) is 23.2. The molecule has 0 aliphatic carbocycles. The zero-order chi connectivity index (χ0) is 29.1. The van der Waals surface area contributed by atoms with Gasteiger partial charge in [0.25, 0.3) is 5.91 Å². The van der Waals surface area contributed by atoms with Crippen LogP contribution in [0.5, 0.6) is 11.5 Å². The molecule has 4 aromatic carbocycles. The molecule has 0 fully saturated rings. The normalized spacial score (nSPS) is 11.7. The number of hydrogen-bond acceptors (Lipinski definition) is 3. The van der Waals surface area contributed by atoms with E-state index in [1.165, 1.54) is 12.1 Å². The van der Waals surface area contributed by atoms with E-state index in [9.17, 15) is 18.0 Å². The number of hydrogen-bond donors (Lipinski definition) is 0. The molecule has 0 aliphatic heterocycles. The molecule has 1 aromatic heterocycles. The van der Waals surface area contributed by atoms with Gasteiger partial charge in [-0.2, -0.15) is 13.2 Å². The fourth-order valence-electron chi connectivity index (χ4n) is 5.32. The minimum Gasteiger partial charge on any atom is -0.493 e. The monoisotopic (exact) mass is 560 g/mol. The van der Waals surface area contributed by atoms with Crippen molar-refractivity contribution in [3.63, 3.8) is 0 Å². The van der Waals surface area contributed by atoms with Crippen LogP contribution in [0.25, 0.3) is 21.8 Å². The van der Waals surface area contributed by atoms with Crippen LogP contribution >= 0.6 is 0 Å². The van der Waals surface area contributed by atoms with Gasteiger partial charge < -0.3 is 18.9 Å². The molecule has 0 unspecified atom stereocenters. The number of ether oxygens (including phenoxy) is 2. The lowest BCUT2D eigenvalue weighted by Gasteiger charge is -2.24. The Labute approximate surface area is 236 Å². The van der Waals surface area contributed by atoms with Gasteiger partial charge in [0.1, 0.15) is 0 Å². The number of aryl methyl sites for hydroxylation is 1. The number of carbonyl (C=O) groups excluding carboxylic acids is 1. The van der Waals surface area contributed by atoms with Gasteiger partial charge in [0.2, 0.25) is 0 Å². The van der Waals surface area contributed by atoms with Crippen LogP contribution in [0.3, 0.4) is 0 Å². The highest BCUT2D eigenvalue weighted by molar-refractivity contribution is 6.08. The van der Waals surface area contributed by atoms with Crippen LogP contribution in [0.15, 0.2) is 84.9 Å². The van der Waals surface area contributed by atoms with Gasteiger partial charge in [-0.3, -0.25) is 4.79 Å². The standard InChI is InChI=1S/C33H31F3N2O3/c1-4-38-28-11-6-5-10-26(28)27-18-23(12-14-29(27)38)21-37(17-16-22-13-15-30(40-2)31(19-22)41-3)32(39)24-8-7-9-25(20-24)33(34,35)36/h5-15,18-20H,4,16-17,21H2,1-3H3. The molecule has 8 heteroatoms.